The highest BCUT2D eigenvalue weighted by atomic mass is 19.2. The Bertz CT molecular complexity index is 378. The van der Waals surface area contributed by atoms with Crippen molar-refractivity contribution >= 4 is 5.69 Å². The Labute approximate surface area is 82.3 Å². The Hall–Kier alpha value is -1.56. The van der Waals surface area contributed by atoms with E-state index >= 15 is 0 Å². The minimum atomic E-state index is -0.852. The van der Waals surface area contributed by atoms with Gasteiger partial charge in [-0.2, -0.15) is 0 Å². The second-order valence-corrected chi connectivity index (χ2v) is 3.14. The van der Waals surface area contributed by atoms with Crippen LogP contribution in [0.3, 0.4) is 0 Å². The van der Waals surface area contributed by atoms with Crippen LogP contribution in [0.25, 0.3) is 0 Å². The quantitative estimate of drug-likeness (QED) is 0.654. The molecule has 0 aliphatic rings. The van der Waals surface area contributed by atoms with Crippen LogP contribution in [-0.2, 0) is 6.42 Å². The third-order valence-electron chi connectivity index (χ3n) is 1.89. The first-order valence-electron chi connectivity index (χ1n) is 4.15. The van der Waals surface area contributed by atoms with Crippen LogP contribution in [0, 0.1) is 24.0 Å². The van der Waals surface area contributed by atoms with Crippen molar-refractivity contribution in [1.82, 2.24) is 0 Å². The van der Waals surface area contributed by atoms with Gasteiger partial charge >= 0.3 is 0 Å². The predicted octanol–water partition coefficient (Wildman–Crippen LogP) is 2.21. The zero-order chi connectivity index (χ0) is 10.7. The van der Waals surface area contributed by atoms with E-state index in [0.29, 0.717) is 12.0 Å². The van der Waals surface area contributed by atoms with Crippen molar-refractivity contribution in [3.05, 3.63) is 29.3 Å². The standard InChI is InChI=1S/C11H11F2N/c1-4-5-8-6-7-9(12)10(13)11(8)14(2)3/h1,6-7H,5H2,2-3H3. The van der Waals surface area contributed by atoms with Crippen LogP contribution in [0.15, 0.2) is 12.1 Å². The molecule has 0 heterocycles. The number of hydrogen-bond acceptors (Lipinski definition) is 1. The minimum absolute atomic E-state index is 0.225. The highest BCUT2D eigenvalue weighted by Crippen LogP contribution is 2.25. The van der Waals surface area contributed by atoms with Crippen molar-refractivity contribution in [2.45, 2.75) is 6.42 Å². The van der Waals surface area contributed by atoms with E-state index in [1.807, 2.05) is 0 Å². The summed E-state index contributed by atoms with van der Waals surface area (Å²) in [4.78, 5) is 1.52. The number of nitrogens with zero attached hydrogens (tertiary/aromatic N) is 1. The fraction of sp³-hybridized carbons (Fsp3) is 0.273. The van der Waals surface area contributed by atoms with Gasteiger partial charge in [-0.25, -0.2) is 8.78 Å². The Morgan fingerprint density at radius 3 is 2.50 bits per heavy atom. The minimum Gasteiger partial charge on any atom is -0.375 e. The molecule has 0 unspecified atom stereocenters. The molecule has 1 aromatic carbocycles. The summed E-state index contributed by atoms with van der Waals surface area (Å²) in [5.74, 6) is 0.713. The van der Waals surface area contributed by atoms with Crippen LogP contribution in [0.5, 0.6) is 0 Å². The van der Waals surface area contributed by atoms with Gasteiger partial charge in [0.1, 0.15) is 0 Å². The molecule has 0 N–H and O–H groups in total. The second kappa shape index (κ2) is 4.10. The van der Waals surface area contributed by atoms with E-state index in [1.165, 1.54) is 11.0 Å². The summed E-state index contributed by atoms with van der Waals surface area (Å²) < 4.78 is 26.3. The normalized spacial score (nSPS) is 9.64. The fourth-order valence-electron chi connectivity index (χ4n) is 1.32. The molecule has 0 bridgehead atoms. The molecule has 3 heteroatoms. The van der Waals surface area contributed by atoms with Crippen LogP contribution in [-0.4, -0.2) is 14.1 Å². The number of terminal acetylenes is 1. The molecule has 0 atom stereocenters. The largest absolute Gasteiger partial charge is 0.375 e. The summed E-state index contributed by atoms with van der Waals surface area (Å²) in [5.41, 5.74) is 0.847. The Kier molecular flexibility index (Phi) is 3.08. The molecule has 0 spiro atoms. The molecule has 1 rings (SSSR count). The summed E-state index contributed by atoms with van der Waals surface area (Å²) >= 11 is 0. The van der Waals surface area contributed by atoms with Gasteiger partial charge in [-0.1, -0.05) is 6.07 Å². The van der Waals surface area contributed by atoms with E-state index in [2.05, 4.69) is 5.92 Å². The lowest BCUT2D eigenvalue weighted by Crippen LogP contribution is -2.14. The fourth-order valence-corrected chi connectivity index (χ4v) is 1.32. The van der Waals surface area contributed by atoms with Crippen molar-refractivity contribution in [1.29, 1.82) is 0 Å². The maximum Gasteiger partial charge on any atom is 0.182 e. The molecule has 74 valence electrons. The molecule has 1 nitrogen and oxygen atoms in total. The van der Waals surface area contributed by atoms with E-state index in [0.717, 1.165) is 6.07 Å². The molecule has 0 saturated carbocycles. The number of anilines is 1. The monoisotopic (exact) mass is 195 g/mol. The predicted molar refractivity (Wildman–Crippen MR) is 53.2 cm³/mol. The molecule has 0 fully saturated rings. The number of hydrogen-bond donors (Lipinski definition) is 0. The molecule has 1 aromatic rings. The Balaban J connectivity index is 3.31. The van der Waals surface area contributed by atoms with Crippen molar-refractivity contribution in [3.8, 4) is 12.3 Å². The number of rotatable bonds is 2. The zero-order valence-electron chi connectivity index (χ0n) is 8.14. The highest BCUT2D eigenvalue weighted by Gasteiger charge is 2.14. The van der Waals surface area contributed by atoms with E-state index in [9.17, 15) is 8.78 Å². The first-order valence-corrected chi connectivity index (χ1v) is 4.15. The summed E-state index contributed by atoms with van der Waals surface area (Å²) in [5, 5.41) is 0. The van der Waals surface area contributed by atoms with Gasteiger partial charge in [0.25, 0.3) is 0 Å². The van der Waals surface area contributed by atoms with Gasteiger partial charge in [0.15, 0.2) is 11.6 Å². The van der Waals surface area contributed by atoms with Crippen LogP contribution >= 0.6 is 0 Å². The van der Waals surface area contributed by atoms with Crippen LogP contribution in [0.2, 0.25) is 0 Å². The summed E-state index contributed by atoms with van der Waals surface area (Å²) in [6.07, 6.45) is 5.43. The zero-order valence-corrected chi connectivity index (χ0v) is 8.14. The van der Waals surface area contributed by atoms with Crippen molar-refractivity contribution in [3.63, 3.8) is 0 Å². The molecule has 0 amide bonds. The van der Waals surface area contributed by atoms with Crippen molar-refractivity contribution < 1.29 is 8.78 Å². The average molecular weight is 195 g/mol. The third-order valence-corrected chi connectivity index (χ3v) is 1.89. The maximum atomic E-state index is 13.4. The lowest BCUT2D eigenvalue weighted by Gasteiger charge is -2.17. The lowest BCUT2D eigenvalue weighted by atomic mass is 10.1. The number of halogens is 2. The highest BCUT2D eigenvalue weighted by molar-refractivity contribution is 5.55. The van der Waals surface area contributed by atoms with E-state index in [4.69, 9.17) is 6.42 Å². The molecule has 0 aliphatic carbocycles. The van der Waals surface area contributed by atoms with Crippen LogP contribution in [0.1, 0.15) is 5.56 Å². The second-order valence-electron chi connectivity index (χ2n) is 3.14. The van der Waals surface area contributed by atoms with Crippen molar-refractivity contribution in [2.24, 2.45) is 0 Å². The SMILES string of the molecule is C#CCc1ccc(F)c(F)c1N(C)C. The number of benzene rings is 1. The first kappa shape index (κ1) is 10.5. The van der Waals surface area contributed by atoms with Gasteiger partial charge in [0.2, 0.25) is 0 Å². The summed E-state index contributed by atoms with van der Waals surface area (Å²) in [6, 6.07) is 2.60. The van der Waals surface area contributed by atoms with E-state index in [-0.39, 0.29) is 5.69 Å². The van der Waals surface area contributed by atoms with Gasteiger partial charge in [-0.15, -0.1) is 12.3 Å². The van der Waals surface area contributed by atoms with Gasteiger partial charge in [-0.3, -0.25) is 0 Å². The van der Waals surface area contributed by atoms with Gasteiger partial charge < -0.3 is 4.90 Å². The van der Waals surface area contributed by atoms with E-state index < -0.39 is 11.6 Å². The molecule has 0 radical (unpaired) electrons. The maximum absolute atomic E-state index is 13.4. The summed E-state index contributed by atoms with van der Waals surface area (Å²) in [7, 11) is 3.30. The molecule has 14 heavy (non-hydrogen) atoms. The van der Waals surface area contributed by atoms with E-state index in [1.54, 1.807) is 14.1 Å². The van der Waals surface area contributed by atoms with Crippen molar-refractivity contribution in [2.75, 3.05) is 19.0 Å². The smallest absolute Gasteiger partial charge is 0.182 e. The molecule has 0 saturated heterocycles. The topological polar surface area (TPSA) is 3.24 Å². The van der Waals surface area contributed by atoms with Gasteiger partial charge in [0.05, 0.1) is 5.69 Å². The molecule has 0 aromatic heterocycles. The van der Waals surface area contributed by atoms with Crippen LogP contribution < -0.4 is 4.90 Å². The molecular formula is C11H11F2N. The Morgan fingerprint density at radius 1 is 1.36 bits per heavy atom. The molecular weight excluding hydrogens is 184 g/mol. The van der Waals surface area contributed by atoms with Gasteiger partial charge in [-0.05, 0) is 11.6 Å². The lowest BCUT2D eigenvalue weighted by molar-refractivity contribution is 0.507. The first-order chi connectivity index (χ1) is 6.57. The van der Waals surface area contributed by atoms with Gasteiger partial charge in [0, 0.05) is 20.5 Å². The third kappa shape index (κ3) is 1.85. The average Bonchev–Trinajstić information content (AvgIpc) is 2.11. The summed E-state index contributed by atoms with van der Waals surface area (Å²) in [6.45, 7) is 0. The van der Waals surface area contributed by atoms with Crippen LogP contribution in [0.4, 0.5) is 14.5 Å². The molecule has 0 aliphatic heterocycles. The Morgan fingerprint density at radius 2 is 2.00 bits per heavy atom.